The van der Waals surface area contributed by atoms with Crippen molar-refractivity contribution in [3.8, 4) is 11.5 Å². The second-order valence-electron chi connectivity index (χ2n) is 7.21. The van der Waals surface area contributed by atoms with Crippen molar-refractivity contribution < 1.29 is 22.3 Å². The molecule has 3 rings (SSSR count). The molecule has 1 fully saturated rings. The summed E-state index contributed by atoms with van der Waals surface area (Å²) in [7, 11) is -3.46. The van der Waals surface area contributed by atoms with Gasteiger partial charge in [0.25, 0.3) is 0 Å². The average molecular weight is 436 g/mol. The fraction of sp³-hybridized carbons (Fsp3) is 0.429. The summed E-state index contributed by atoms with van der Waals surface area (Å²) >= 11 is 0. The Bertz CT molecular complexity index is 969. The molecule has 162 valence electrons. The zero-order valence-corrected chi connectivity index (χ0v) is 17.7. The van der Waals surface area contributed by atoms with Gasteiger partial charge in [-0.2, -0.15) is 4.31 Å². The minimum absolute atomic E-state index is 0.0282. The van der Waals surface area contributed by atoms with Gasteiger partial charge in [0.2, 0.25) is 15.9 Å². The van der Waals surface area contributed by atoms with Crippen LogP contribution in [0.2, 0.25) is 0 Å². The van der Waals surface area contributed by atoms with Gasteiger partial charge in [-0.15, -0.1) is 0 Å². The normalized spacial score (nSPS) is 17.5. The number of hydrogen-bond donors (Lipinski definition) is 1. The molecular formula is C21H26FN3O4S. The third kappa shape index (κ3) is 5.54. The highest BCUT2D eigenvalue weighted by atomic mass is 32.2. The summed E-state index contributed by atoms with van der Waals surface area (Å²) in [4.78, 5) is 16.6. The largest absolute Gasteiger partial charge is 0.453 e. The third-order valence-corrected chi connectivity index (χ3v) is 6.98. The molecule has 0 aliphatic carbocycles. The molecule has 0 spiro atoms. The Hall–Kier alpha value is -2.52. The van der Waals surface area contributed by atoms with Crippen LogP contribution in [0.1, 0.15) is 38.2 Å². The smallest absolute Gasteiger partial charge is 0.238 e. The van der Waals surface area contributed by atoms with Gasteiger partial charge in [0.05, 0.1) is 11.9 Å². The predicted octanol–water partition coefficient (Wildman–Crippen LogP) is 3.22. The number of aromatic nitrogens is 1. The zero-order chi connectivity index (χ0) is 21.6. The number of sulfonamides is 1. The summed E-state index contributed by atoms with van der Waals surface area (Å²) in [5, 5.41) is 2.75. The monoisotopic (exact) mass is 435 g/mol. The lowest BCUT2D eigenvalue weighted by molar-refractivity contribution is -0.125. The van der Waals surface area contributed by atoms with Crippen LogP contribution in [0.15, 0.2) is 42.7 Å². The number of ether oxygens (including phenoxy) is 1. The Labute approximate surface area is 176 Å². The summed E-state index contributed by atoms with van der Waals surface area (Å²) < 4.78 is 46.1. The molecule has 1 N–H and O–H groups in total. The summed E-state index contributed by atoms with van der Waals surface area (Å²) in [5.74, 6) is -0.411. The van der Waals surface area contributed by atoms with E-state index in [1.54, 1.807) is 31.3 Å². The van der Waals surface area contributed by atoms with Crippen molar-refractivity contribution in [3.63, 3.8) is 0 Å². The van der Waals surface area contributed by atoms with Gasteiger partial charge in [0.1, 0.15) is 11.8 Å². The van der Waals surface area contributed by atoms with Crippen molar-refractivity contribution in [2.45, 2.75) is 45.2 Å². The highest BCUT2D eigenvalue weighted by Crippen LogP contribution is 2.25. The zero-order valence-electron chi connectivity index (χ0n) is 16.9. The van der Waals surface area contributed by atoms with Crippen LogP contribution in [-0.4, -0.2) is 42.0 Å². The Morgan fingerprint density at radius 2 is 2.17 bits per heavy atom. The number of rotatable bonds is 8. The van der Waals surface area contributed by atoms with Crippen molar-refractivity contribution in [2.24, 2.45) is 0 Å². The van der Waals surface area contributed by atoms with Crippen LogP contribution in [0.25, 0.3) is 0 Å². The number of pyridine rings is 1. The van der Waals surface area contributed by atoms with E-state index in [0.29, 0.717) is 30.7 Å². The van der Waals surface area contributed by atoms with Gasteiger partial charge in [-0.3, -0.25) is 9.78 Å². The number of nitrogens with one attached hydrogen (secondary N) is 1. The van der Waals surface area contributed by atoms with E-state index >= 15 is 0 Å². The number of carbonyl (C=O) groups is 1. The highest BCUT2D eigenvalue weighted by Gasteiger charge is 2.35. The van der Waals surface area contributed by atoms with E-state index in [-0.39, 0.29) is 24.0 Å². The van der Waals surface area contributed by atoms with E-state index < -0.39 is 21.9 Å². The predicted molar refractivity (Wildman–Crippen MR) is 111 cm³/mol. The van der Waals surface area contributed by atoms with Gasteiger partial charge >= 0.3 is 0 Å². The van der Waals surface area contributed by atoms with Crippen molar-refractivity contribution in [2.75, 3.05) is 12.3 Å². The van der Waals surface area contributed by atoms with Crippen molar-refractivity contribution >= 4 is 15.9 Å². The lowest BCUT2D eigenvalue weighted by atomic mass is 10.0. The van der Waals surface area contributed by atoms with E-state index in [0.717, 1.165) is 12.8 Å². The average Bonchev–Trinajstić information content (AvgIpc) is 2.74. The second-order valence-corrected chi connectivity index (χ2v) is 9.25. The van der Waals surface area contributed by atoms with E-state index in [1.165, 1.54) is 22.6 Å². The van der Waals surface area contributed by atoms with E-state index in [9.17, 15) is 17.6 Å². The minimum atomic E-state index is -3.46. The van der Waals surface area contributed by atoms with Gasteiger partial charge in [0.15, 0.2) is 11.6 Å². The van der Waals surface area contributed by atoms with Crippen LogP contribution in [-0.2, 0) is 21.4 Å². The van der Waals surface area contributed by atoms with Gasteiger partial charge < -0.3 is 10.1 Å². The lowest BCUT2D eigenvalue weighted by Crippen LogP contribution is -2.52. The summed E-state index contributed by atoms with van der Waals surface area (Å²) in [6.07, 6.45) is 5.61. The molecule has 1 aliphatic heterocycles. The molecule has 30 heavy (non-hydrogen) atoms. The van der Waals surface area contributed by atoms with Gasteiger partial charge in [-0.05, 0) is 49.1 Å². The highest BCUT2D eigenvalue weighted by molar-refractivity contribution is 7.89. The fourth-order valence-corrected chi connectivity index (χ4v) is 5.20. The molecule has 1 aromatic carbocycles. The molecule has 0 bridgehead atoms. The topological polar surface area (TPSA) is 88.6 Å². The quantitative estimate of drug-likeness (QED) is 0.688. The molecule has 1 aliphatic rings. The maximum atomic E-state index is 14.4. The molecule has 1 unspecified atom stereocenters. The third-order valence-electron chi connectivity index (χ3n) is 4.90. The molecule has 7 nitrogen and oxygen atoms in total. The molecule has 0 radical (unpaired) electrons. The number of nitrogens with zero attached hydrogens (tertiary/aromatic N) is 2. The van der Waals surface area contributed by atoms with E-state index in [2.05, 4.69) is 10.3 Å². The van der Waals surface area contributed by atoms with E-state index in [1.807, 2.05) is 0 Å². The van der Waals surface area contributed by atoms with Gasteiger partial charge in [-0.25, -0.2) is 12.8 Å². The molecule has 1 saturated heterocycles. The van der Waals surface area contributed by atoms with Crippen LogP contribution in [0.5, 0.6) is 11.5 Å². The van der Waals surface area contributed by atoms with Crippen molar-refractivity contribution in [1.82, 2.24) is 14.6 Å². The summed E-state index contributed by atoms with van der Waals surface area (Å²) in [5.41, 5.74) is 0.554. The number of piperidine rings is 1. The maximum absolute atomic E-state index is 14.4. The first kappa shape index (κ1) is 22.2. The van der Waals surface area contributed by atoms with Crippen LogP contribution < -0.4 is 10.1 Å². The molecule has 9 heteroatoms. The number of hydrogen-bond acceptors (Lipinski definition) is 5. The number of amides is 1. The number of carbonyl (C=O) groups excluding carboxylic acids is 1. The van der Waals surface area contributed by atoms with Gasteiger partial charge in [0, 0.05) is 19.3 Å². The van der Waals surface area contributed by atoms with Crippen LogP contribution >= 0.6 is 0 Å². The molecule has 1 aromatic heterocycles. The number of halogens is 1. The first-order valence-electron chi connectivity index (χ1n) is 10.0. The molecule has 1 atom stereocenters. The summed E-state index contributed by atoms with van der Waals surface area (Å²) in [6.45, 7) is 2.25. The Morgan fingerprint density at radius 3 is 2.87 bits per heavy atom. The Morgan fingerprint density at radius 1 is 1.33 bits per heavy atom. The molecule has 2 aromatic rings. The first-order chi connectivity index (χ1) is 14.4. The first-order valence-corrected chi connectivity index (χ1v) is 11.6. The minimum Gasteiger partial charge on any atom is -0.453 e. The Balaban J connectivity index is 1.63. The van der Waals surface area contributed by atoms with Gasteiger partial charge in [-0.1, -0.05) is 19.4 Å². The molecular weight excluding hydrogens is 409 g/mol. The lowest BCUT2D eigenvalue weighted by Gasteiger charge is -2.33. The second kappa shape index (κ2) is 9.99. The maximum Gasteiger partial charge on any atom is 0.238 e. The van der Waals surface area contributed by atoms with Crippen molar-refractivity contribution in [3.05, 3.63) is 54.1 Å². The standard InChI is InChI=1S/C21H26FN3O4S/c1-2-12-30(27,28)25-11-4-3-7-19(25)21(26)24-14-16-8-9-20(18(22)13-16)29-17-6-5-10-23-15-17/h5-6,8-10,13,15,19H,2-4,7,11-12,14H2,1H3,(H,24,26). The Kier molecular flexibility index (Phi) is 7.38. The molecule has 1 amide bonds. The van der Waals surface area contributed by atoms with Crippen LogP contribution in [0.3, 0.4) is 0 Å². The van der Waals surface area contributed by atoms with Crippen LogP contribution in [0, 0.1) is 5.82 Å². The van der Waals surface area contributed by atoms with Crippen molar-refractivity contribution in [1.29, 1.82) is 0 Å². The SMILES string of the molecule is CCCS(=O)(=O)N1CCCCC1C(=O)NCc1ccc(Oc2cccnc2)c(F)c1. The molecule has 2 heterocycles. The van der Waals surface area contributed by atoms with E-state index in [4.69, 9.17) is 4.74 Å². The summed E-state index contributed by atoms with van der Waals surface area (Å²) in [6, 6.07) is 7.08. The van der Waals surface area contributed by atoms with Crippen LogP contribution in [0.4, 0.5) is 4.39 Å². The molecule has 0 saturated carbocycles. The number of benzene rings is 1. The fourth-order valence-electron chi connectivity index (χ4n) is 3.45.